The molecule has 0 radical (unpaired) electrons. The molecule has 2 aromatic rings. The quantitative estimate of drug-likeness (QED) is 0.711. The minimum Gasteiger partial charge on any atom is -0.390 e. The second kappa shape index (κ2) is 5.47. The van der Waals surface area contributed by atoms with Crippen LogP contribution in [0.25, 0.3) is 0 Å². The number of hydrogen-bond donors (Lipinski definition) is 3. The number of aliphatic hydroxyl groups excluding tert-OH is 1. The number of aliphatic hydroxyl groups is 1. The Balaban J connectivity index is 2.32. The van der Waals surface area contributed by atoms with Crippen molar-refractivity contribution in [2.24, 2.45) is 0 Å². The lowest BCUT2D eigenvalue weighted by Gasteiger charge is -2.04. The number of rotatable bonds is 5. The van der Waals surface area contributed by atoms with E-state index in [-0.39, 0.29) is 17.3 Å². The maximum absolute atomic E-state index is 12.1. The lowest BCUT2D eigenvalue weighted by atomic mass is 10.4. The molecule has 2 aromatic heterocycles. The molecule has 0 aliphatic carbocycles. The van der Waals surface area contributed by atoms with Gasteiger partial charge in [-0.3, -0.25) is 9.52 Å². The van der Waals surface area contributed by atoms with Crippen molar-refractivity contribution in [3.8, 4) is 0 Å². The highest BCUT2D eigenvalue weighted by Crippen LogP contribution is 2.17. The van der Waals surface area contributed by atoms with Gasteiger partial charge in [0.05, 0.1) is 6.61 Å². The number of aromatic nitrogens is 3. The molecule has 0 aliphatic rings. The Morgan fingerprint density at radius 2 is 2.20 bits per heavy atom. The molecule has 0 aromatic carbocycles. The Morgan fingerprint density at radius 1 is 1.45 bits per heavy atom. The summed E-state index contributed by atoms with van der Waals surface area (Å²) in [5.74, 6) is 0.0133. The third kappa shape index (κ3) is 2.89. The molecule has 8 nitrogen and oxygen atoms in total. The monoisotopic (exact) mass is 298 g/mol. The number of nitrogens with zero attached hydrogens (tertiary/aromatic N) is 2. The van der Waals surface area contributed by atoms with Crippen molar-refractivity contribution in [2.75, 3.05) is 4.72 Å². The van der Waals surface area contributed by atoms with Gasteiger partial charge < -0.3 is 9.67 Å². The number of aryl methyl sites for hydroxylation is 1. The average molecular weight is 298 g/mol. The summed E-state index contributed by atoms with van der Waals surface area (Å²) in [5, 5.41) is 14.9. The Morgan fingerprint density at radius 3 is 2.70 bits per heavy atom. The summed E-state index contributed by atoms with van der Waals surface area (Å²) in [6, 6.07) is 3.82. The zero-order valence-electron chi connectivity index (χ0n) is 10.7. The molecule has 0 fully saturated rings. The maximum atomic E-state index is 12.1. The predicted octanol–water partition coefficient (Wildman–Crippen LogP) is -0.116. The summed E-state index contributed by atoms with van der Waals surface area (Å²) in [6.07, 6.45) is 1.43. The third-order valence-corrected chi connectivity index (χ3v) is 4.01. The highest BCUT2D eigenvalue weighted by atomic mass is 32.2. The fourth-order valence-electron chi connectivity index (χ4n) is 1.70. The highest BCUT2D eigenvalue weighted by Gasteiger charge is 2.18. The van der Waals surface area contributed by atoms with Gasteiger partial charge in [0, 0.05) is 24.5 Å². The fourth-order valence-corrected chi connectivity index (χ4v) is 2.76. The molecule has 2 rings (SSSR count). The molecule has 0 spiro atoms. The number of sulfonamides is 1. The van der Waals surface area contributed by atoms with Gasteiger partial charge >= 0.3 is 0 Å². The van der Waals surface area contributed by atoms with E-state index in [0.717, 1.165) is 0 Å². The second-order valence-corrected chi connectivity index (χ2v) is 5.71. The van der Waals surface area contributed by atoms with Crippen molar-refractivity contribution in [2.45, 2.75) is 25.0 Å². The van der Waals surface area contributed by atoms with E-state index in [1.165, 1.54) is 24.4 Å². The zero-order valence-corrected chi connectivity index (χ0v) is 11.5. The predicted molar refractivity (Wildman–Crippen MR) is 71.7 cm³/mol. The van der Waals surface area contributed by atoms with Crippen LogP contribution in [-0.2, 0) is 23.2 Å². The Labute approximate surface area is 115 Å². The summed E-state index contributed by atoms with van der Waals surface area (Å²) in [6.45, 7) is 2.13. The van der Waals surface area contributed by atoms with E-state index >= 15 is 0 Å². The van der Waals surface area contributed by atoms with Gasteiger partial charge in [0.15, 0.2) is 5.82 Å². The van der Waals surface area contributed by atoms with E-state index in [9.17, 15) is 13.2 Å². The first-order chi connectivity index (χ1) is 9.46. The molecule has 0 aliphatic heterocycles. The van der Waals surface area contributed by atoms with Gasteiger partial charge in [-0.15, -0.1) is 0 Å². The Hall–Kier alpha value is -2.13. The van der Waals surface area contributed by atoms with Gasteiger partial charge in [-0.1, -0.05) is 0 Å². The Bertz CT molecular complexity index is 721. The fraction of sp³-hybridized carbons (Fsp3) is 0.273. The molecule has 9 heteroatoms. The molecule has 0 saturated carbocycles. The average Bonchev–Trinajstić information content (AvgIpc) is 2.85. The molecule has 3 N–H and O–H groups in total. The molecular formula is C11H14N4O4S. The minimum atomic E-state index is -3.81. The smallest absolute Gasteiger partial charge is 0.264 e. The number of anilines is 1. The minimum absolute atomic E-state index is 0.0133. The summed E-state index contributed by atoms with van der Waals surface area (Å²) in [7, 11) is -3.81. The van der Waals surface area contributed by atoms with Crippen molar-refractivity contribution in [3.05, 3.63) is 40.4 Å². The topological polar surface area (TPSA) is 117 Å². The second-order valence-electron chi connectivity index (χ2n) is 4.02. The third-order valence-electron chi connectivity index (χ3n) is 2.69. The normalized spacial score (nSPS) is 11.5. The van der Waals surface area contributed by atoms with E-state index in [1.54, 1.807) is 4.57 Å². The van der Waals surface area contributed by atoms with Crippen molar-refractivity contribution in [3.63, 3.8) is 0 Å². The van der Waals surface area contributed by atoms with Gasteiger partial charge in [0.2, 0.25) is 0 Å². The summed E-state index contributed by atoms with van der Waals surface area (Å²) >= 11 is 0. The first-order valence-corrected chi connectivity index (χ1v) is 7.33. The molecular weight excluding hydrogens is 284 g/mol. The molecule has 108 valence electrons. The van der Waals surface area contributed by atoms with Gasteiger partial charge in [0.1, 0.15) is 4.90 Å². The lowest BCUT2D eigenvalue weighted by molar-refractivity contribution is 0.271. The van der Waals surface area contributed by atoms with Gasteiger partial charge in [-0.2, -0.15) is 5.10 Å². The molecule has 0 atom stereocenters. The number of hydrogen-bond acceptors (Lipinski definition) is 5. The van der Waals surface area contributed by atoms with Crippen molar-refractivity contribution < 1.29 is 13.5 Å². The van der Waals surface area contributed by atoms with Gasteiger partial charge in [-0.05, 0) is 19.1 Å². The van der Waals surface area contributed by atoms with Crippen LogP contribution in [0.3, 0.4) is 0 Å². The van der Waals surface area contributed by atoms with Crippen molar-refractivity contribution >= 4 is 15.8 Å². The lowest BCUT2D eigenvalue weighted by Crippen LogP contribution is -2.16. The van der Waals surface area contributed by atoms with E-state index < -0.39 is 15.6 Å². The zero-order chi connectivity index (χ0) is 14.8. The van der Waals surface area contributed by atoms with Crippen molar-refractivity contribution in [1.29, 1.82) is 0 Å². The standard InChI is InChI=1S/C11H14N4O4S/c1-2-15-6-9(5-8(15)7-16)20(18,19)14-10-3-4-11(17)13-12-10/h3-6,16H,2,7H2,1H3,(H,12,14)(H,13,17). The van der Waals surface area contributed by atoms with E-state index in [4.69, 9.17) is 5.11 Å². The van der Waals surface area contributed by atoms with Crippen LogP contribution in [0.15, 0.2) is 34.1 Å². The molecule has 0 saturated heterocycles. The molecule has 0 amide bonds. The van der Waals surface area contributed by atoms with E-state index in [0.29, 0.717) is 12.2 Å². The highest BCUT2D eigenvalue weighted by molar-refractivity contribution is 7.92. The summed E-state index contributed by atoms with van der Waals surface area (Å²) in [5.41, 5.74) is 0.0787. The van der Waals surface area contributed by atoms with Crippen molar-refractivity contribution in [1.82, 2.24) is 14.8 Å². The number of aromatic amines is 1. The maximum Gasteiger partial charge on any atom is 0.264 e. The largest absolute Gasteiger partial charge is 0.390 e. The summed E-state index contributed by atoms with van der Waals surface area (Å²) in [4.78, 5) is 10.9. The van der Waals surface area contributed by atoms with E-state index in [2.05, 4.69) is 14.9 Å². The van der Waals surface area contributed by atoms with Crippen LogP contribution in [0.2, 0.25) is 0 Å². The van der Waals surface area contributed by atoms with Crippen LogP contribution in [0.5, 0.6) is 0 Å². The Kier molecular flexibility index (Phi) is 3.91. The van der Waals surface area contributed by atoms with Crippen LogP contribution in [0, 0.1) is 0 Å². The van der Waals surface area contributed by atoms with Crippen LogP contribution in [-0.4, -0.2) is 28.3 Å². The first-order valence-electron chi connectivity index (χ1n) is 5.84. The SMILES string of the molecule is CCn1cc(S(=O)(=O)Nc2ccc(=O)[nH]n2)cc1CO. The molecule has 0 bridgehead atoms. The van der Waals surface area contributed by atoms with Crippen LogP contribution in [0.1, 0.15) is 12.6 Å². The number of nitrogens with one attached hydrogen (secondary N) is 2. The number of H-pyrrole nitrogens is 1. The van der Waals surface area contributed by atoms with Crippen LogP contribution in [0.4, 0.5) is 5.82 Å². The molecule has 20 heavy (non-hydrogen) atoms. The van der Waals surface area contributed by atoms with Gasteiger partial charge in [-0.25, -0.2) is 13.5 Å². The van der Waals surface area contributed by atoms with Crippen LogP contribution >= 0.6 is 0 Å². The van der Waals surface area contributed by atoms with Crippen LogP contribution < -0.4 is 10.3 Å². The molecule has 2 heterocycles. The van der Waals surface area contributed by atoms with Gasteiger partial charge in [0.25, 0.3) is 15.6 Å². The first kappa shape index (κ1) is 14.3. The summed E-state index contributed by atoms with van der Waals surface area (Å²) < 4.78 is 28.2. The van der Waals surface area contributed by atoms with E-state index in [1.807, 2.05) is 6.92 Å². The molecule has 0 unspecified atom stereocenters.